The minimum Gasteiger partial charge on any atom is -0.483 e. The molecule has 0 unspecified atom stereocenters. The van der Waals surface area contributed by atoms with Gasteiger partial charge >= 0.3 is 0 Å². The third-order valence-corrected chi connectivity index (χ3v) is 6.87. The van der Waals surface area contributed by atoms with Crippen molar-refractivity contribution in [1.82, 2.24) is 0 Å². The molecule has 6 nitrogen and oxygen atoms in total. The van der Waals surface area contributed by atoms with Crippen LogP contribution in [0.25, 0.3) is 0 Å². The van der Waals surface area contributed by atoms with E-state index in [9.17, 15) is 13.2 Å². The van der Waals surface area contributed by atoms with E-state index in [1.807, 2.05) is 31.2 Å². The number of nitrogens with zero attached hydrogens (tertiary/aromatic N) is 1. The number of benzene rings is 3. The van der Waals surface area contributed by atoms with Crippen LogP contribution in [0.3, 0.4) is 0 Å². The van der Waals surface area contributed by atoms with Gasteiger partial charge < -0.3 is 10.1 Å². The zero-order valence-electron chi connectivity index (χ0n) is 18.7. The molecular weight excluding hydrogens is 424 g/mol. The zero-order valence-corrected chi connectivity index (χ0v) is 19.5. The molecule has 0 heterocycles. The Hall–Kier alpha value is -3.32. The molecule has 3 aromatic rings. The zero-order chi connectivity index (χ0) is 23.3. The lowest BCUT2D eigenvalue weighted by atomic mass is 10.0. The average Bonchev–Trinajstić information content (AvgIpc) is 2.78. The van der Waals surface area contributed by atoms with E-state index in [0.29, 0.717) is 17.1 Å². The first-order valence-corrected chi connectivity index (χ1v) is 11.8. The summed E-state index contributed by atoms with van der Waals surface area (Å²) < 4.78 is 32.7. The Labute approximate surface area is 189 Å². The van der Waals surface area contributed by atoms with Gasteiger partial charge in [-0.15, -0.1) is 0 Å². The summed E-state index contributed by atoms with van der Waals surface area (Å²) in [5, 5.41) is 2.74. The molecule has 0 aromatic heterocycles. The largest absolute Gasteiger partial charge is 0.483 e. The van der Waals surface area contributed by atoms with Crippen LogP contribution in [0.5, 0.6) is 5.75 Å². The van der Waals surface area contributed by atoms with E-state index >= 15 is 0 Å². The van der Waals surface area contributed by atoms with E-state index in [-0.39, 0.29) is 23.3 Å². The maximum absolute atomic E-state index is 12.9. The molecule has 168 valence electrons. The number of rotatable bonds is 8. The predicted molar refractivity (Wildman–Crippen MR) is 128 cm³/mol. The van der Waals surface area contributed by atoms with E-state index in [0.717, 1.165) is 11.1 Å². The summed E-state index contributed by atoms with van der Waals surface area (Å²) in [5.74, 6) is 0.649. The molecule has 0 aliphatic rings. The van der Waals surface area contributed by atoms with Crippen LogP contribution in [-0.4, -0.2) is 28.0 Å². The van der Waals surface area contributed by atoms with Crippen LogP contribution in [0.15, 0.2) is 77.7 Å². The number of nitrogens with one attached hydrogen (secondary N) is 1. The summed E-state index contributed by atoms with van der Waals surface area (Å²) in [6, 6.07) is 20.9. The average molecular weight is 453 g/mol. The fraction of sp³-hybridized carbons (Fsp3) is 0.240. The minimum atomic E-state index is -3.70. The Kier molecular flexibility index (Phi) is 7.20. The van der Waals surface area contributed by atoms with Gasteiger partial charge in [-0.25, -0.2) is 8.42 Å². The number of aryl methyl sites for hydroxylation is 1. The number of carbonyl (C=O) groups is 1. The van der Waals surface area contributed by atoms with E-state index in [1.54, 1.807) is 36.4 Å². The van der Waals surface area contributed by atoms with Gasteiger partial charge in [-0.3, -0.25) is 9.10 Å². The van der Waals surface area contributed by atoms with Crippen molar-refractivity contribution in [2.45, 2.75) is 31.6 Å². The van der Waals surface area contributed by atoms with Crippen LogP contribution in [-0.2, 0) is 14.8 Å². The van der Waals surface area contributed by atoms with Crippen molar-refractivity contribution in [2.75, 3.05) is 23.3 Å². The highest BCUT2D eigenvalue weighted by atomic mass is 32.2. The highest BCUT2D eigenvalue weighted by Crippen LogP contribution is 2.27. The van der Waals surface area contributed by atoms with E-state index in [4.69, 9.17) is 4.74 Å². The quantitative estimate of drug-likeness (QED) is 0.524. The summed E-state index contributed by atoms with van der Waals surface area (Å²) in [5.41, 5.74) is 3.16. The summed E-state index contributed by atoms with van der Waals surface area (Å²) in [6.45, 7) is 5.98. The molecule has 0 saturated carbocycles. The van der Waals surface area contributed by atoms with Crippen LogP contribution in [0.1, 0.15) is 30.9 Å². The number of hydrogen-bond acceptors (Lipinski definition) is 4. The Bertz CT molecular complexity index is 1170. The summed E-state index contributed by atoms with van der Waals surface area (Å²) >= 11 is 0. The fourth-order valence-electron chi connectivity index (χ4n) is 3.23. The summed E-state index contributed by atoms with van der Waals surface area (Å²) in [6.07, 6.45) is 0. The predicted octanol–water partition coefficient (Wildman–Crippen LogP) is 4.96. The molecule has 32 heavy (non-hydrogen) atoms. The molecule has 0 atom stereocenters. The van der Waals surface area contributed by atoms with Gasteiger partial charge in [0.1, 0.15) is 5.75 Å². The maximum Gasteiger partial charge on any atom is 0.264 e. The van der Waals surface area contributed by atoms with Crippen molar-refractivity contribution in [3.63, 3.8) is 0 Å². The number of para-hydroxylation sites is 1. The van der Waals surface area contributed by atoms with Crippen LogP contribution >= 0.6 is 0 Å². The monoisotopic (exact) mass is 452 g/mol. The second-order valence-corrected chi connectivity index (χ2v) is 9.83. The first-order chi connectivity index (χ1) is 15.2. The minimum absolute atomic E-state index is 0.138. The van der Waals surface area contributed by atoms with Gasteiger partial charge in [0.2, 0.25) is 0 Å². The van der Waals surface area contributed by atoms with Gasteiger partial charge in [0.15, 0.2) is 6.61 Å². The van der Waals surface area contributed by atoms with Gasteiger partial charge in [-0.1, -0.05) is 44.2 Å². The van der Waals surface area contributed by atoms with Crippen LogP contribution in [0.2, 0.25) is 0 Å². The number of hydrogen-bond donors (Lipinski definition) is 1. The van der Waals surface area contributed by atoms with Crippen LogP contribution in [0, 0.1) is 6.92 Å². The molecular formula is C25H28N2O4S. The first-order valence-electron chi connectivity index (χ1n) is 10.4. The third-order valence-electron chi connectivity index (χ3n) is 5.07. The van der Waals surface area contributed by atoms with Crippen molar-refractivity contribution in [3.05, 3.63) is 83.9 Å². The molecule has 0 aliphatic carbocycles. The smallest absolute Gasteiger partial charge is 0.264 e. The molecule has 1 N–H and O–H groups in total. The molecule has 0 bridgehead atoms. The van der Waals surface area contributed by atoms with Crippen molar-refractivity contribution in [1.29, 1.82) is 0 Å². The number of anilines is 2. The first kappa shape index (κ1) is 23.3. The van der Waals surface area contributed by atoms with Gasteiger partial charge in [-0.05, 0) is 66.4 Å². The molecule has 3 aromatic carbocycles. The van der Waals surface area contributed by atoms with E-state index < -0.39 is 10.0 Å². The van der Waals surface area contributed by atoms with Crippen LogP contribution in [0.4, 0.5) is 11.4 Å². The van der Waals surface area contributed by atoms with E-state index in [2.05, 4.69) is 19.2 Å². The van der Waals surface area contributed by atoms with Crippen LogP contribution < -0.4 is 14.4 Å². The Morgan fingerprint density at radius 1 is 1.00 bits per heavy atom. The molecule has 0 fully saturated rings. The summed E-state index contributed by atoms with van der Waals surface area (Å²) in [7, 11) is -2.20. The maximum atomic E-state index is 12.9. The topological polar surface area (TPSA) is 75.7 Å². The highest BCUT2D eigenvalue weighted by molar-refractivity contribution is 7.92. The van der Waals surface area contributed by atoms with Gasteiger partial charge in [0, 0.05) is 12.7 Å². The molecule has 0 saturated heterocycles. The standard InChI is InChI=1S/C25H28N2O4S/c1-18(2)23-15-10-19(3)16-24(23)31-17-25(28)26-20-11-13-22(14-12-20)32(29,30)27(4)21-8-6-5-7-9-21/h5-16,18H,17H2,1-4H3,(H,26,28). The number of ether oxygens (including phenoxy) is 1. The highest BCUT2D eigenvalue weighted by Gasteiger charge is 2.21. The lowest BCUT2D eigenvalue weighted by Gasteiger charge is -2.19. The molecule has 0 spiro atoms. The molecule has 7 heteroatoms. The Morgan fingerprint density at radius 2 is 1.66 bits per heavy atom. The second-order valence-electron chi connectivity index (χ2n) is 7.87. The SMILES string of the molecule is Cc1ccc(C(C)C)c(OCC(=O)Nc2ccc(S(=O)(=O)N(C)c3ccccc3)cc2)c1. The van der Waals surface area contributed by atoms with E-state index in [1.165, 1.54) is 23.5 Å². The van der Waals surface area contributed by atoms with Crippen molar-refractivity contribution < 1.29 is 17.9 Å². The second kappa shape index (κ2) is 9.87. The van der Waals surface area contributed by atoms with Crippen molar-refractivity contribution >= 4 is 27.3 Å². The van der Waals surface area contributed by atoms with Crippen molar-refractivity contribution in [2.24, 2.45) is 0 Å². The summed E-state index contributed by atoms with van der Waals surface area (Å²) in [4.78, 5) is 12.5. The third kappa shape index (κ3) is 5.48. The number of amides is 1. The van der Waals surface area contributed by atoms with Gasteiger partial charge in [0.25, 0.3) is 15.9 Å². The molecule has 0 aliphatic heterocycles. The normalized spacial score (nSPS) is 11.3. The Balaban J connectivity index is 1.65. The van der Waals surface area contributed by atoms with Crippen molar-refractivity contribution in [3.8, 4) is 5.75 Å². The molecule has 1 amide bonds. The molecule has 3 rings (SSSR count). The fourth-order valence-corrected chi connectivity index (χ4v) is 4.42. The lowest BCUT2D eigenvalue weighted by Crippen LogP contribution is -2.26. The van der Waals surface area contributed by atoms with Gasteiger partial charge in [0.05, 0.1) is 10.6 Å². The number of sulfonamides is 1. The Morgan fingerprint density at radius 3 is 2.28 bits per heavy atom. The number of carbonyl (C=O) groups excluding carboxylic acids is 1. The lowest BCUT2D eigenvalue weighted by molar-refractivity contribution is -0.118. The van der Waals surface area contributed by atoms with Gasteiger partial charge in [-0.2, -0.15) is 0 Å². The molecule has 0 radical (unpaired) electrons.